The number of carbonyl (C=O) groups excluding carboxylic acids is 3. The van der Waals surface area contributed by atoms with Gasteiger partial charge in [-0.1, -0.05) is 11.6 Å². The Labute approximate surface area is 115 Å². The summed E-state index contributed by atoms with van der Waals surface area (Å²) in [5, 5.41) is 8.64. The topological polar surface area (TPSA) is 84.2 Å². The van der Waals surface area contributed by atoms with E-state index in [1.807, 2.05) is 0 Å². The van der Waals surface area contributed by atoms with E-state index < -0.39 is 23.5 Å². The third-order valence-corrected chi connectivity index (χ3v) is 3.24. The minimum absolute atomic E-state index is 0.0674. The molecule has 0 amide bonds. The van der Waals surface area contributed by atoms with Crippen molar-refractivity contribution in [2.45, 2.75) is 20.8 Å². The van der Waals surface area contributed by atoms with Crippen molar-refractivity contribution < 1.29 is 19.1 Å². The third-order valence-electron chi connectivity index (χ3n) is 2.86. The predicted molar refractivity (Wildman–Crippen MR) is 67.0 cm³/mol. The first-order valence-corrected chi connectivity index (χ1v) is 5.97. The molecule has 1 aliphatic rings. The van der Waals surface area contributed by atoms with Crippen molar-refractivity contribution in [3.8, 4) is 6.07 Å². The van der Waals surface area contributed by atoms with Gasteiger partial charge in [0.2, 0.25) is 5.78 Å². The molecule has 100 valence electrons. The highest BCUT2D eigenvalue weighted by atomic mass is 35.5. The molecule has 0 saturated carbocycles. The Kier molecular flexibility index (Phi) is 4.62. The zero-order chi connectivity index (χ0) is 14.7. The highest BCUT2D eigenvalue weighted by Crippen LogP contribution is 2.31. The summed E-state index contributed by atoms with van der Waals surface area (Å²) in [7, 11) is 0. The number of Topliss-reactive ketones (excluding diaryl/α,β-unsaturated/α-hetero) is 2. The smallest absolute Gasteiger partial charge is 0.328 e. The summed E-state index contributed by atoms with van der Waals surface area (Å²) >= 11 is 5.82. The fourth-order valence-corrected chi connectivity index (χ4v) is 1.98. The summed E-state index contributed by atoms with van der Waals surface area (Å²) in [5.41, 5.74) is 0.115. The molecule has 0 aromatic heterocycles. The number of nitriles is 1. The van der Waals surface area contributed by atoms with Crippen LogP contribution in [-0.2, 0) is 19.1 Å². The molecule has 0 aromatic carbocycles. The number of carbonyl (C=O) groups is 3. The van der Waals surface area contributed by atoms with Crippen LogP contribution in [-0.4, -0.2) is 24.1 Å². The molecule has 0 bridgehead atoms. The molecule has 1 unspecified atom stereocenters. The highest BCUT2D eigenvalue weighted by Gasteiger charge is 2.38. The summed E-state index contributed by atoms with van der Waals surface area (Å²) < 4.78 is 4.71. The predicted octanol–water partition coefficient (Wildman–Crippen LogP) is 1.67. The van der Waals surface area contributed by atoms with Crippen LogP contribution in [0, 0.1) is 17.2 Å². The van der Waals surface area contributed by atoms with Crippen LogP contribution in [0.4, 0.5) is 0 Å². The molecule has 0 saturated heterocycles. The number of halogens is 1. The quantitative estimate of drug-likeness (QED) is 0.580. The fourth-order valence-electron chi connectivity index (χ4n) is 1.65. The summed E-state index contributed by atoms with van der Waals surface area (Å²) in [6.45, 7) is 4.57. The molecule has 1 rings (SSSR count). The normalized spacial score (nSPS) is 17.4. The van der Waals surface area contributed by atoms with Crippen LogP contribution < -0.4 is 0 Å². The zero-order valence-corrected chi connectivity index (χ0v) is 11.5. The van der Waals surface area contributed by atoms with Crippen LogP contribution in [0.15, 0.2) is 21.8 Å². The van der Waals surface area contributed by atoms with Gasteiger partial charge in [-0.3, -0.25) is 14.4 Å². The molecule has 6 heteroatoms. The molecular weight excluding hydrogens is 270 g/mol. The maximum atomic E-state index is 12.1. The maximum Gasteiger partial charge on any atom is 0.328 e. The molecule has 0 aromatic rings. The molecular formula is C13H12ClNO4. The second-order valence-corrected chi connectivity index (χ2v) is 4.33. The van der Waals surface area contributed by atoms with Gasteiger partial charge in [0.1, 0.15) is 0 Å². The molecule has 5 nitrogen and oxygen atoms in total. The molecule has 0 aliphatic heterocycles. The highest BCUT2D eigenvalue weighted by molar-refractivity contribution is 6.49. The van der Waals surface area contributed by atoms with Crippen molar-refractivity contribution in [3.05, 3.63) is 21.8 Å². The van der Waals surface area contributed by atoms with Crippen LogP contribution in [0.5, 0.6) is 0 Å². The molecule has 0 N–H and O–H groups in total. The Morgan fingerprint density at radius 1 is 1.32 bits per heavy atom. The van der Waals surface area contributed by atoms with Gasteiger partial charge in [-0.05, 0) is 20.8 Å². The van der Waals surface area contributed by atoms with Crippen molar-refractivity contribution in [2.24, 2.45) is 5.92 Å². The molecule has 19 heavy (non-hydrogen) atoms. The second-order valence-electron chi connectivity index (χ2n) is 3.95. The Morgan fingerprint density at radius 3 is 2.32 bits per heavy atom. The van der Waals surface area contributed by atoms with E-state index >= 15 is 0 Å². The molecule has 0 radical (unpaired) electrons. The second kappa shape index (κ2) is 5.81. The zero-order valence-electron chi connectivity index (χ0n) is 10.7. The number of ketones is 2. The molecule has 1 atom stereocenters. The molecule has 0 spiro atoms. The van der Waals surface area contributed by atoms with E-state index in [1.165, 1.54) is 13.8 Å². The lowest BCUT2D eigenvalue weighted by molar-refractivity contribution is -0.145. The van der Waals surface area contributed by atoms with Gasteiger partial charge >= 0.3 is 5.97 Å². The lowest BCUT2D eigenvalue weighted by atomic mass is 9.84. The Morgan fingerprint density at radius 2 is 1.84 bits per heavy atom. The van der Waals surface area contributed by atoms with E-state index in [-0.39, 0.29) is 28.4 Å². The van der Waals surface area contributed by atoms with Crippen molar-refractivity contribution in [3.63, 3.8) is 0 Å². The van der Waals surface area contributed by atoms with Crippen LogP contribution in [0.3, 0.4) is 0 Å². The maximum absolute atomic E-state index is 12.1. The number of hydrogen-bond acceptors (Lipinski definition) is 5. The van der Waals surface area contributed by atoms with Crippen LogP contribution >= 0.6 is 11.6 Å². The standard InChI is InChI=1S/C13H12ClNO4/c1-4-19-13(18)8(5-15)9-10(14)12(17)7(3)6(2)11(9)16/h8H,4H2,1-3H3. The van der Waals surface area contributed by atoms with Crippen molar-refractivity contribution in [2.75, 3.05) is 6.61 Å². The fraction of sp³-hybridized carbons (Fsp3) is 0.385. The summed E-state index contributed by atoms with van der Waals surface area (Å²) in [6, 6.07) is 1.66. The van der Waals surface area contributed by atoms with E-state index in [2.05, 4.69) is 0 Å². The number of allylic oxidation sites excluding steroid dienone is 3. The lowest BCUT2D eigenvalue weighted by Gasteiger charge is -2.19. The first-order valence-electron chi connectivity index (χ1n) is 5.59. The van der Waals surface area contributed by atoms with Crippen LogP contribution in [0.2, 0.25) is 0 Å². The largest absolute Gasteiger partial charge is 0.465 e. The first kappa shape index (κ1) is 15.1. The van der Waals surface area contributed by atoms with Gasteiger partial charge in [0.15, 0.2) is 11.7 Å². The van der Waals surface area contributed by atoms with Crippen LogP contribution in [0.25, 0.3) is 0 Å². The molecule has 0 fully saturated rings. The number of hydrogen-bond donors (Lipinski definition) is 0. The van der Waals surface area contributed by atoms with Gasteiger partial charge in [-0.15, -0.1) is 0 Å². The van der Waals surface area contributed by atoms with E-state index in [4.69, 9.17) is 21.6 Å². The average molecular weight is 282 g/mol. The monoisotopic (exact) mass is 281 g/mol. The van der Waals surface area contributed by atoms with E-state index in [0.717, 1.165) is 0 Å². The number of esters is 1. The van der Waals surface area contributed by atoms with Crippen molar-refractivity contribution in [1.82, 2.24) is 0 Å². The number of rotatable bonds is 3. The average Bonchev–Trinajstić information content (AvgIpc) is 2.39. The Bertz CT molecular complexity index is 566. The minimum atomic E-state index is -1.48. The number of nitrogens with zero attached hydrogens (tertiary/aromatic N) is 1. The van der Waals surface area contributed by atoms with Gasteiger partial charge in [0, 0.05) is 11.1 Å². The van der Waals surface area contributed by atoms with Crippen molar-refractivity contribution in [1.29, 1.82) is 5.26 Å². The van der Waals surface area contributed by atoms with Gasteiger partial charge in [0.05, 0.1) is 23.3 Å². The third kappa shape index (κ3) is 2.59. The van der Waals surface area contributed by atoms with E-state index in [1.54, 1.807) is 13.0 Å². The number of ether oxygens (including phenoxy) is 1. The first-order chi connectivity index (χ1) is 8.86. The Hall–Kier alpha value is -1.93. The van der Waals surface area contributed by atoms with E-state index in [0.29, 0.717) is 0 Å². The van der Waals surface area contributed by atoms with Gasteiger partial charge in [-0.25, -0.2) is 0 Å². The van der Waals surface area contributed by atoms with E-state index in [9.17, 15) is 14.4 Å². The van der Waals surface area contributed by atoms with Crippen molar-refractivity contribution >= 4 is 29.1 Å². The Balaban J connectivity index is 3.32. The van der Waals surface area contributed by atoms with Gasteiger partial charge in [0.25, 0.3) is 0 Å². The SMILES string of the molecule is CCOC(=O)C(C#N)C1=C(Cl)C(=O)C(C)=C(C)C1=O. The molecule has 0 heterocycles. The lowest BCUT2D eigenvalue weighted by Crippen LogP contribution is -2.29. The van der Waals surface area contributed by atoms with Gasteiger partial charge in [-0.2, -0.15) is 5.26 Å². The van der Waals surface area contributed by atoms with Gasteiger partial charge < -0.3 is 4.74 Å². The minimum Gasteiger partial charge on any atom is -0.465 e. The summed E-state index contributed by atoms with van der Waals surface area (Å²) in [5.74, 6) is -3.47. The molecule has 1 aliphatic carbocycles. The summed E-state index contributed by atoms with van der Waals surface area (Å²) in [4.78, 5) is 35.6. The van der Waals surface area contributed by atoms with Crippen LogP contribution in [0.1, 0.15) is 20.8 Å². The summed E-state index contributed by atoms with van der Waals surface area (Å²) in [6.07, 6.45) is 0.